The number of rotatable bonds is 7. The molecule has 2 aromatic rings. The summed E-state index contributed by atoms with van der Waals surface area (Å²) < 4.78 is 0. The SMILES string of the molecule is CCCCN(c1ccccc1)c1cnccc1CNC. The molecule has 0 saturated heterocycles. The minimum Gasteiger partial charge on any atom is -0.340 e. The Morgan fingerprint density at radius 1 is 1.15 bits per heavy atom. The van der Waals surface area contributed by atoms with Gasteiger partial charge in [0.2, 0.25) is 0 Å². The van der Waals surface area contributed by atoms with Crippen molar-refractivity contribution in [3.63, 3.8) is 0 Å². The first kappa shape index (κ1) is 14.5. The molecule has 1 aromatic heterocycles. The Morgan fingerprint density at radius 2 is 1.95 bits per heavy atom. The zero-order chi connectivity index (χ0) is 14.2. The average Bonchev–Trinajstić information content (AvgIpc) is 2.50. The molecule has 1 N–H and O–H groups in total. The van der Waals surface area contributed by atoms with Gasteiger partial charge in [-0.2, -0.15) is 0 Å². The summed E-state index contributed by atoms with van der Waals surface area (Å²) in [4.78, 5) is 6.68. The number of benzene rings is 1. The Labute approximate surface area is 121 Å². The highest BCUT2D eigenvalue weighted by molar-refractivity contribution is 5.65. The number of hydrogen-bond donors (Lipinski definition) is 1. The quantitative estimate of drug-likeness (QED) is 0.830. The Bertz CT molecular complexity index is 511. The Kier molecular flexibility index (Phi) is 5.56. The summed E-state index contributed by atoms with van der Waals surface area (Å²) in [6.45, 7) is 4.09. The van der Waals surface area contributed by atoms with Crippen LogP contribution in [0.25, 0.3) is 0 Å². The molecule has 0 saturated carbocycles. The van der Waals surface area contributed by atoms with Crippen LogP contribution in [-0.2, 0) is 6.54 Å². The van der Waals surface area contributed by atoms with Crippen molar-refractivity contribution in [3.05, 3.63) is 54.4 Å². The highest BCUT2D eigenvalue weighted by Gasteiger charge is 2.12. The molecular weight excluding hydrogens is 246 g/mol. The summed E-state index contributed by atoms with van der Waals surface area (Å²) >= 11 is 0. The van der Waals surface area contributed by atoms with E-state index in [9.17, 15) is 0 Å². The predicted molar refractivity (Wildman–Crippen MR) is 85.4 cm³/mol. The van der Waals surface area contributed by atoms with E-state index in [0.717, 1.165) is 13.1 Å². The molecule has 0 aliphatic heterocycles. The fraction of sp³-hybridized carbons (Fsp3) is 0.353. The second-order valence-electron chi connectivity index (χ2n) is 4.88. The second kappa shape index (κ2) is 7.65. The number of para-hydroxylation sites is 1. The van der Waals surface area contributed by atoms with Gasteiger partial charge in [0.15, 0.2) is 0 Å². The number of anilines is 2. The summed E-state index contributed by atoms with van der Waals surface area (Å²) in [5, 5.41) is 3.23. The van der Waals surface area contributed by atoms with E-state index in [0.29, 0.717) is 0 Å². The number of unbranched alkanes of at least 4 members (excludes halogenated alkanes) is 1. The fourth-order valence-electron chi connectivity index (χ4n) is 2.31. The highest BCUT2D eigenvalue weighted by atomic mass is 15.1. The molecule has 3 heteroatoms. The molecule has 0 unspecified atom stereocenters. The fourth-order valence-corrected chi connectivity index (χ4v) is 2.31. The van der Waals surface area contributed by atoms with Crippen molar-refractivity contribution in [2.24, 2.45) is 0 Å². The molecule has 0 aliphatic carbocycles. The van der Waals surface area contributed by atoms with Gasteiger partial charge in [-0.3, -0.25) is 4.98 Å². The molecule has 1 aromatic carbocycles. The van der Waals surface area contributed by atoms with Gasteiger partial charge in [-0.25, -0.2) is 0 Å². The minimum absolute atomic E-state index is 0.854. The monoisotopic (exact) mass is 269 g/mol. The zero-order valence-electron chi connectivity index (χ0n) is 12.3. The Morgan fingerprint density at radius 3 is 2.65 bits per heavy atom. The lowest BCUT2D eigenvalue weighted by Gasteiger charge is -2.27. The molecule has 0 radical (unpaired) electrons. The van der Waals surface area contributed by atoms with Crippen molar-refractivity contribution >= 4 is 11.4 Å². The first-order valence-electron chi connectivity index (χ1n) is 7.27. The molecule has 0 amide bonds. The maximum atomic E-state index is 4.31. The van der Waals surface area contributed by atoms with E-state index < -0.39 is 0 Å². The van der Waals surface area contributed by atoms with Gasteiger partial charge in [0, 0.05) is 25.0 Å². The summed E-state index contributed by atoms with van der Waals surface area (Å²) in [5.41, 5.74) is 3.70. The second-order valence-corrected chi connectivity index (χ2v) is 4.88. The van der Waals surface area contributed by atoms with Crippen LogP contribution >= 0.6 is 0 Å². The molecule has 0 spiro atoms. The molecule has 0 atom stereocenters. The van der Waals surface area contributed by atoms with Crippen molar-refractivity contribution in [2.45, 2.75) is 26.3 Å². The van der Waals surface area contributed by atoms with E-state index in [4.69, 9.17) is 0 Å². The summed E-state index contributed by atoms with van der Waals surface area (Å²) in [7, 11) is 1.98. The van der Waals surface area contributed by atoms with Gasteiger partial charge in [0.1, 0.15) is 0 Å². The number of aromatic nitrogens is 1. The maximum Gasteiger partial charge on any atom is 0.0642 e. The smallest absolute Gasteiger partial charge is 0.0642 e. The van der Waals surface area contributed by atoms with Crippen LogP contribution in [0.2, 0.25) is 0 Å². The Hall–Kier alpha value is -1.87. The average molecular weight is 269 g/mol. The lowest BCUT2D eigenvalue weighted by atomic mass is 10.1. The van der Waals surface area contributed by atoms with Crippen molar-refractivity contribution in [2.75, 3.05) is 18.5 Å². The van der Waals surface area contributed by atoms with Crippen LogP contribution in [0.3, 0.4) is 0 Å². The minimum atomic E-state index is 0.854. The van der Waals surface area contributed by atoms with Crippen LogP contribution in [0.15, 0.2) is 48.8 Å². The predicted octanol–water partition coefficient (Wildman–Crippen LogP) is 3.74. The van der Waals surface area contributed by atoms with Crippen LogP contribution in [0.1, 0.15) is 25.3 Å². The van der Waals surface area contributed by atoms with Crippen LogP contribution in [0.5, 0.6) is 0 Å². The summed E-state index contributed by atoms with van der Waals surface area (Å²) in [6, 6.07) is 12.6. The third kappa shape index (κ3) is 3.58. The van der Waals surface area contributed by atoms with Crippen LogP contribution < -0.4 is 10.2 Å². The zero-order valence-corrected chi connectivity index (χ0v) is 12.3. The lowest BCUT2D eigenvalue weighted by molar-refractivity contribution is 0.770. The first-order chi connectivity index (χ1) is 9.86. The summed E-state index contributed by atoms with van der Waals surface area (Å²) in [6.07, 6.45) is 6.18. The molecule has 106 valence electrons. The van der Waals surface area contributed by atoms with E-state index in [1.165, 1.54) is 29.8 Å². The largest absolute Gasteiger partial charge is 0.340 e. The van der Waals surface area contributed by atoms with Crippen LogP contribution in [0.4, 0.5) is 11.4 Å². The van der Waals surface area contributed by atoms with Gasteiger partial charge in [-0.1, -0.05) is 31.5 Å². The van der Waals surface area contributed by atoms with Crippen molar-refractivity contribution in [3.8, 4) is 0 Å². The first-order valence-corrected chi connectivity index (χ1v) is 7.27. The molecule has 0 bridgehead atoms. The van der Waals surface area contributed by atoms with Gasteiger partial charge < -0.3 is 10.2 Å². The van der Waals surface area contributed by atoms with E-state index in [-0.39, 0.29) is 0 Å². The highest BCUT2D eigenvalue weighted by Crippen LogP contribution is 2.28. The molecule has 2 rings (SSSR count). The number of hydrogen-bond acceptors (Lipinski definition) is 3. The standard InChI is InChI=1S/C17H23N3/c1-3-4-12-20(16-8-6-5-7-9-16)17-14-19-11-10-15(17)13-18-2/h5-11,14,18H,3-4,12-13H2,1-2H3. The molecule has 0 fully saturated rings. The van der Waals surface area contributed by atoms with Crippen LogP contribution in [0, 0.1) is 0 Å². The number of nitrogens with one attached hydrogen (secondary N) is 1. The molecule has 1 heterocycles. The molecule has 20 heavy (non-hydrogen) atoms. The number of pyridine rings is 1. The van der Waals surface area contributed by atoms with Crippen molar-refractivity contribution < 1.29 is 0 Å². The molecule has 3 nitrogen and oxygen atoms in total. The van der Waals surface area contributed by atoms with Gasteiger partial charge in [0.25, 0.3) is 0 Å². The van der Waals surface area contributed by atoms with E-state index in [1.54, 1.807) is 0 Å². The third-order valence-electron chi connectivity index (χ3n) is 3.35. The van der Waals surface area contributed by atoms with Crippen LogP contribution in [-0.4, -0.2) is 18.6 Å². The summed E-state index contributed by atoms with van der Waals surface area (Å²) in [5.74, 6) is 0. The van der Waals surface area contributed by atoms with Crippen molar-refractivity contribution in [1.29, 1.82) is 0 Å². The van der Waals surface area contributed by atoms with E-state index in [2.05, 4.69) is 58.5 Å². The lowest BCUT2D eigenvalue weighted by Crippen LogP contribution is -2.21. The van der Waals surface area contributed by atoms with E-state index >= 15 is 0 Å². The van der Waals surface area contributed by atoms with E-state index in [1.807, 2.05) is 19.4 Å². The topological polar surface area (TPSA) is 28.2 Å². The van der Waals surface area contributed by atoms with Crippen molar-refractivity contribution in [1.82, 2.24) is 10.3 Å². The van der Waals surface area contributed by atoms with Gasteiger partial charge >= 0.3 is 0 Å². The molecule has 0 aliphatic rings. The van der Waals surface area contributed by atoms with Gasteiger partial charge in [0.05, 0.1) is 11.9 Å². The van der Waals surface area contributed by atoms with Gasteiger partial charge in [-0.05, 0) is 37.2 Å². The third-order valence-corrected chi connectivity index (χ3v) is 3.35. The Balaban J connectivity index is 2.36. The maximum absolute atomic E-state index is 4.31. The normalized spacial score (nSPS) is 10.5. The number of nitrogens with zero attached hydrogens (tertiary/aromatic N) is 2. The van der Waals surface area contributed by atoms with Gasteiger partial charge in [-0.15, -0.1) is 0 Å². The molecular formula is C17H23N3.